The number of nitrogens with two attached hydrogens (primary N) is 2. The van der Waals surface area contributed by atoms with E-state index in [9.17, 15) is 24.3 Å². The van der Waals surface area contributed by atoms with Gasteiger partial charge in [0.15, 0.2) is 0 Å². The van der Waals surface area contributed by atoms with Gasteiger partial charge in [-0.3, -0.25) is 39.2 Å². The van der Waals surface area contributed by atoms with Crippen LogP contribution in [-0.2, 0) is 31.0 Å². The summed E-state index contributed by atoms with van der Waals surface area (Å²) in [7, 11) is 0. The first kappa shape index (κ1) is 37.9. The molecule has 0 saturated carbocycles. The van der Waals surface area contributed by atoms with Crippen LogP contribution in [0.3, 0.4) is 0 Å². The van der Waals surface area contributed by atoms with Gasteiger partial charge in [-0.2, -0.15) is 10.2 Å². The molecule has 5 heterocycles. The highest BCUT2D eigenvalue weighted by Gasteiger charge is 2.28. The molecule has 1 aliphatic heterocycles. The molecule has 292 valence electrons. The first-order valence-corrected chi connectivity index (χ1v) is 18.6. The summed E-state index contributed by atoms with van der Waals surface area (Å²) < 4.78 is 6.82. The van der Waals surface area contributed by atoms with E-state index in [1.54, 1.807) is 74.3 Å². The minimum absolute atomic E-state index is 0.0915. The van der Waals surface area contributed by atoms with Gasteiger partial charge in [0.05, 0.1) is 33.5 Å². The number of aromatic nitrogens is 8. The fourth-order valence-electron chi connectivity index (χ4n) is 7.28. The van der Waals surface area contributed by atoms with Crippen molar-refractivity contribution in [2.24, 2.45) is 17.4 Å². The summed E-state index contributed by atoms with van der Waals surface area (Å²) in [5, 5.41) is 24.6. The van der Waals surface area contributed by atoms with Crippen LogP contribution in [0, 0.1) is 19.8 Å². The maximum atomic E-state index is 13.9. The van der Waals surface area contributed by atoms with Crippen molar-refractivity contribution in [3.8, 4) is 0 Å². The summed E-state index contributed by atoms with van der Waals surface area (Å²) in [6.45, 7) is 9.80. The van der Waals surface area contributed by atoms with Gasteiger partial charge in [0.1, 0.15) is 24.2 Å². The molecule has 0 spiro atoms. The Morgan fingerprint density at radius 3 is 1.89 bits per heavy atom. The molecular formula is C38H45N13O5. The Kier molecular flexibility index (Phi) is 10.4. The minimum Gasteiger partial charge on any atom is -0.375 e. The monoisotopic (exact) mass is 763 g/mol. The van der Waals surface area contributed by atoms with E-state index in [1.165, 1.54) is 0 Å². The highest BCUT2D eigenvalue weighted by atomic mass is 16.3. The van der Waals surface area contributed by atoms with Crippen LogP contribution in [0.15, 0.2) is 48.5 Å². The molecule has 2 aromatic carbocycles. The van der Waals surface area contributed by atoms with E-state index in [-0.39, 0.29) is 30.2 Å². The third-order valence-corrected chi connectivity index (χ3v) is 10.2. The molecular weight excluding hydrogens is 719 g/mol. The number of fused-ring (bicyclic) bond motifs is 2. The summed E-state index contributed by atoms with van der Waals surface area (Å²) in [6.07, 6.45) is 0.126. The molecule has 1 saturated heterocycles. The number of likely N-dealkylation sites (tertiary alicyclic amines) is 1. The lowest BCUT2D eigenvalue weighted by Gasteiger charge is -2.32. The Morgan fingerprint density at radius 1 is 0.804 bits per heavy atom. The van der Waals surface area contributed by atoms with Crippen LogP contribution in [0.5, 0.6) is 0 Å². The molecule has 1 fully saturated rings. The van der Waals surface area contributed by atoms with Crippen LogP contribution in [-0.4, -0.2) is 85.4 Å². The predicted molar refractivity (Wildman–Crippen MR) is 208 cm³/mol. The normalized spacial score (nSPS) is 14.1. The zero-order valence-electron chi connectivity index (χ0n) is 31.7. The maximum Gasteiger partial charge on any atom is 0.276 e. The second-order valence-corrected chi connectivity index (χ2v) is 14.0. The van der Waals surface area contributed by atoms with Crippen molar-refractivity contribution in [2.75, 3.05) is 23.7 Å². The number of benzene rings is 2. The third kappa shape index (κ3) is 7.47. The fourth-order valence-corrected chi connectivity index (χ4v) is 7.28. The Hall–Kier alpha value is -6.40. The number of hydrogen-bond donors (Lipinski definition) is 5. The van der Waals surface area contributed by atoms with E-state index >= 15 is 0 Å². The topological polar surface area (TPSA) is 239 Å². The van der Waals surface area contributed by atoms with Crippen molar-refractivity contribution in [1.82, 2.24) is 43.6 Å². The summed E-state index contributed by atoms with van der Waals surface area (Å²) in [5.41, 5.74) is 16.5. The third-order valence-electron chi connectivity index (χ3n) is 10.2. The molecule has 0 bridgehead atoms. The highest BCUT2D eigenvalue weighted by molar-refractivity contribution is 6.04. The number of nitrogens with zero attached hydrogens (tertiary/aromatic N) is 9. The van der Waals surface area contributed by atoms with Crippen molar-refractivity contribution in [3.05, 3.63) is 82.4 Å². The van der Waals surface area contributed by atoms with Gasteiger partial charge < -0.3 is 30.6 Å². The second-order valence-electron chi connectivity index (χ2n) is 14.0. The minimum atomic E-state index is -1.22. The average molecular weight is 764 g/mol. The fraction of sp³-hybridized carbons (Fsp3) is 0.368. The second kappa shape index (κ2) is 15.4. The number of piperidine rings is 1. The summed E-state index contributed by atoms with van der Waals surface area (Å²) in [5.74, 6) is -0.878. The number of carbonyl (C=O) groups is 4. The van der Waals surface area contributed by atoms with E-state index in [0.29, 0.717) is 96.3 Å². The lowest BCUT2D eigenvalue weighted by molar-refractivity contribution is -0.133. The van der Waals surface area contributed by atoms with Crippen LogP contribution in [0.2, 0.25) is 0 Å². The number of imidazole rings is 2. The van der Waals surface area contributed by atoms with Gasteiger partial charge in [0, 0.05) is 38.3 Å². The number of primary amides is 1. The van der Waals surface area contributed by atoms with E-state index in [1.807, 2.05) is 25.3 Å². The zero-order valence-corrected chi connectivity index (χ0v) is 31.7. The van der Waals surface area contributed by atoms with Crippen LogP contribution in [0.25, 0.3) is 22.1 Å². The van der Waals surface area contributed by atoms with Gasteiger partial charge >= 0.3 is 0 Å². The van der Waals surface area contributed by atoms with Crippen molar-refractivity contribution in [1.29, 1.82) is 0 Å². The van der Waals surface area contributed by atoms with Crippen LogP contribution in [0.1, 0.15) is 81.2 Å². The number of aliphatic hydroxyl groups is 1. The van der Waals surface area contributed by atoms with Gasteiger partial charge in [0.2, 0.25) is 23.7 Å². The molecule has 7 rings (SSSR count). The molecule has 0 radical (unpaired) electrons. The molecule has 1 aliphatic rings. The molecule has 56 heavy (non-hydrogen) atoms. The lowest BCUT2D eigenvalue weighted by Crippen LogP contribution is -2.41. The Morgan fingerprint density at radius 2 is 1.34 bits per heavy atom. The van der Waals surface area contributed by atoms with Crippen LogP contribution < -0.4 is 22.1 Å². The molecule has 1 unspecified atom stereocenters. The van der Waals surface area contributed by atoms with Crippen molar-refractivity contribution >= 4 is 57.6 Å². The van der Waals surface area contributed by atoms with Crippen molar-refractivity contribution in [2.45, 2.75) is 72.9 Å². The SMILES string of the molecule is CCn1nc(C)cc1C(=O)Nc1nc2cc(C(N)O)ccc2n1CC(=O)N1CCC(Cn2c(NC(=O)c3cc(C)nn3CC)nc3cc(C(N)=O)ccc32)CC1. The van der Waals surface area contributed by atoms with Gasteiger partial charge in [-0.15, -0.1) is 0 Å². The molecule has 18 nitrogen and oxygen atoms in total. The number of anilines is 2. The molecule has 0 aliphatic carbocycles. The highest BCUT2D eigenvalue weighted by Crippen LogP contribution is 2.28. The van der Waals surface area contributed by atoms with Crippen LogP contribution in [0.4, 0.5) is 11.9 Å². The number of amides is 4. The van der Waals surface area contributed by atoms with Gasteiger partial charge in [-0.1, -0.05) is 6.07 Å². The number of nitrogens with one attached hydrogen (secondary N) is 2. The molecule has 7 N–H and O–H groups in total. The summed E-state index contributed by atoms with van der Waals surface area (Å²) >= 11 is 0. The Bertz CT molecular complexity index is 2480. The number of hydrogen-bond acceptors (Lipinski definition) is 10. The first-order chi connectivity index (χ1) is 26.8. The Labute approximate surface area is 321 Å². The number of carbonyl (C=O) groups excluding carboxylic acids is 4. The zero-order chi connectivity index (χ0) is 39.8. The number of aryl methyl sites for hydroxylation is 4. The number of rotatable bonds is 12. The van der Waals surface area contributed by atoms with E-state index < -0.39 is 18.0 Å². The smallest absolute Gasteiger partial charge is 0.276 e. The molecule has 18 heteroatoms. The number of aliphatic hydroxyl groups excluding tert-OH is 1. The molecule has 6 aromatic rings. The maximum absolute atomic E-state index is 13.9. The lowest BCUT2D eigenvalue weighted by atomic mass is 9.96. The van der Waals surface area contributed by atoms with E-state index in [0.717, 1.165) is 11.2 Å². The largest absolute Gasteiger partial charge is 0.375 e. The van der Waals surface area contributed by atoms with E-state index in [2.05, 4.69) is 25.8 Å². The van der Waals surface area contributed by atoms with Crippen LogP contribution >= 0.6 is 0 Å². The quantitative estimate of drug-likeness (QED) is 0.114. The predicted octanol–water partition coefficient (Wildman–Crippen LogP) is 2.93. The first-order valence-electron chi connectivity index (χ1n) is 18.6. The molecule has 4 aromatic heterocycles. The molecule has 1 atom stereocenters. The van der Waals surface area contributed by atoms with Crippen molar-refractivity contribution < 1.29 is 24.3 Å². The van der Waals surface area contributed by atoms with Gasteiger partial charge in [-0.05, 0) is 94.5 Å². The average Bonchev–Trinajstić information content (AvgIpc) is 3.94. The standard InChI is InChI=1S/C38H45N13O5/c1-5-50-30(15-21(3)45-50)35(55)43-37-41-26-17-24(33(39)53)7-9-28(26)48(37)19-23-11-13-47(14-12-23)32(52)20-49-29-10-8-25(34(40)54)18-27(29)42-38(49)44-36(56)31-16-22(4)46-51(31)6-2/h7-10,15-18,23,34,54H,5-6,11-14,19-20,40H2,1-4H3,(H2,39,53)(H,41,43,55)(H,42,44,56). The summed E-state index contributed by atoms with van der Waals surface area (Å²) in [4.78, 5) is 63.9. The van der Waals surface area contributed by atoms with Crippen molar-refractivity contribution in [3.63, 3.8) is 0 Å². The Balaban J connectivity index is 1.09. The van der Waals surface area contributed by atoms with Gasteiger partial charge in [0.25, 0.3) is 11.8 Å². The molecule has 4 amide bonds. The summed E-state index contributed by atoms with van der Waals surface area (Å²) in [6, 6.07) is 13.4. The van der Waals surface area contributed by atoms with E-state index in [4.69, 9.17) is 16.5 Å². The van der Waals surface area contributed by atoms with Gasteiger partial charge in [-0.25, -0.2) is 9.97 Å².